The van der Waals surface area contributed by atoms with Crippen molar-refractivity contribution >= 4 is 28.3 Å². The van der Waals surface area contributed by atoms with Crippen LogP contribution in [0.2, 0.25) is 0 Å². The molecule has 5 N–H and O–H groups in total. The van der Waals surface area contributed by atoms with Crippen LogP contribution in [0.3, 0.4) is 0 Å². The van der Waals surface area contributed by atoms with Gasteiger partial charge in [-0.05, 0) is 55.0 Å². The summed E-state index contributed by atoms with van der Waals surface area (Å²) < 4.78 is 34.3. The molecule has 5 aromatic rings. The number of halogens is 2. The van der Waals surface area contributed by atoms with Crippen molar-refractivity contribution in [1.82, 2.24) is 9.97 Å². The van der Waals surface area contributed by atoms with Crippen LogP contribution in [0.5, 0.6) is 5.75 Å². The molecule has 0 amide bonds. The maximum atomic E-state index is 14.1. The van der Waals surface area contributed by atoms with Gasteiger partial charge in [0.2, 0.25) is 5.43 Å². The molecule has 190 valence electrons. The largest absolute Gasteiger partial charge is 0.505 e. The smallest absolute Gasteiger partial charge is 0.200 e. The van der Waals surface area contributed by atoms with Crippen LogP contribution in [0.4, 0.5) is 20.4 Å². The Morgan fingerprint density at radius 3 is 2.63 bits per heavy atom. The van der Waals surface area contributed by atoms with Gasteiger partial charge in [0.15, 0.2) is 11.6 Å². The van der Waals surface area contributed by atoms with Gasteiger partial charge in [0.05, 0.1) is 28.3 Å². The first-order chi connectivity index (χ1) is 18.2. The number of rotatable bonds is 6. The van der Waals surface area contributed by atoms with E-state index in [1.54, 1.807) is 37.3 Å². The van der Waals surface area contributed by atoms with Gasteiger partial charge in [0.1, 0.15) is 35.1 Å². The number of aromatic nitrogens is 2. The lowest BCUT2D eigenvalue weighted by molar-refractivity contribution is 0.432. The van der Waals surface area contributed by atoms with Crippen LogP contribution in [-0.2, 0) is 0 Å². The number of nitrogen functional groups attached to an aromatic ring is 1. The minimum absolute atomic E-state index is 0.0431. The number of nitrogens with one attached hydrogen (secondary N) is 2. The minimum atomic E-state index is -0.900. The molecule has 0 saturated heterocycles. The molecule has 0 aliphatic carbocycles. The number of benzene rings is 3. The maximum absolute atomic E-state index is 14.1. The third kappa shape index (κ3) is 4.43. The summed E-state index contributed by atoms with van der Waals surface area (Å²) in [4.78, 5) is 21.7. The van der Waals surface area contributed by atoms with E-state index in [0.717, 1.165) is 12.1 Å². The number of nitrogens with two attached hydrogens (primary N) is 1. The standard InChI is InChI=1S/C28H21F2N5O3/c1-14(35-28-23(27(32)33-13-34-28)24(31)16-9-10-20(36)19(30)12-16)26-22(15-5-4-6-17(29)11-15)25(37)18-7-2-3-8-21(18)38-26/h2-14,31,36H,1H3,(H3,32,33,34,35). The van der Waals surface area contributed by atoms with Crippen LogP contribution in [0.15, 0.2) is 82.3 Å². The Morgan fingerprint density at radius 1 is 1.08 bits per heavy atom. The molecule has 0 fully saturated rings. The molecule has 0 aliphatic rings. The van der Waals surface area contributed by atoms with E-state index < -0.39 is 23.4 Å². The van der Waals surface area contributed by atoms with Crippen LogP contribution in [0.25, 0.3) is 22.1 Å². The van der Waals surface area contributed by atoms with Crippen molar-refractivity contribution in [3.05, 3.63) is 112 Å². The number of para-hydroxylation sites is 1. The van der Waals surface area contributed by atoms with Gasteiger partial charge < -0.3 is 20.6 Å². The molecule has 38 heavy (non-hydrogen) atoms. The number of nitrogens with zero attached hydrogens (tertiary/aromatic N) is 2. The molecule has 10 heteroatoms. The summed E-state index contributed by atoms with van der Waals surface area (Å²) in [6.07, 6.45) is 1.20. The Kier molecular flexibility index (Phi) is 6.29. The molecule has 0 spiro atoms. The number of phenols is 1. The molecule has 2 aromatic heterocycles. The van der Waals surface area contributed by atoms with Crippen molar-refractivity contribution in [2.45, 2.75) is 13.0 Å². The zero-order valence-corrected chi connectivity index (χ0v) is 20.0. The summed E-state index contributed by atoms with van der Waals surface area (Å²) in [5, 5.41) is 21.6. The second-order valence-corrected chi connectivity index (χ2v) is 8.57. The highest BCUT2D eigenvalue weighted by Gasteiger charge is 2.24. The highest BCUT2D eigenvalue weighted by atomic mass is 19.1. The maximum Gasteiger partial charge on any atom is 0.200 e. The lowest BCUT2D eigenvalue weighted by Crippen LogP contribution is -2.18. The highest BCUT2D eigenvalue weighted by Crippen LogP contribution is 2.33. The van der Waals surface area contributed by atoms with E-state index in [9.17, 15) is 18.7 Å². The van der Waals surface area contributed by atoms with Gasteiger partial charge in [-0.1, -0.05) is 24.3 Å². The number of hydrogen-bond acceptors (Lipinski definition) is 8. The molecule has 5 rings (SSSR count). The number of aromatic hydroxyl groups is 1. The zero-order chi connectivity index (χ0) is 27.0. The first-order valence-corrected chi connectivity index (χ1v) is 11.5. The highest BCUT2D eigenvalue weighted by molar-refractivity contribution is 6.16. The molecular formula is C28H21F2N5O3. The molecule has 1 unspecified atom stereocenters. The van der Waals surface area contributed by atoms with Crippen molar-refractivity contribution in [3.8, 4) is 16.9 Å². The quantitative estimate of drug-likeness (QED) is 0.223. The van der Waals surface area contributed by atoms with Crippen molar-refractivity contribution < 1.29 is 18.3 Å². The van der Waals surface area contributed by atoms with Gasteiger partial charge in [0.25, 0.3) is 0 Å². The summed E-state index contributed by atoms with van der Waals surface area (Å²) >= 11 is 0. The average Bonchev–Trinajstić information content (AvgIpc) is 2.90. The van der Waals surface area contributed by atoms with Crippen molar-refractivity contribution in [2.24, 2.45) is 0 Å². The second kappa shape index (κ2) is 9.74. The molecule has 8 nitrogen and oxygen atoms in total. The third-order valence-electron chi connectivity index (χ3n) is 6.05. The van der Waals surface area contributed by atoms with Crippen LogP contribution in [0.1, 0.15) is 29.9 Å². The summed E-state index contributed by atoms with van der Waals surface area (Å²) in [5.41, 5.74) is 6.62. The topological polar surface area (TPSA) is 138 Å². The van der Waals surface area contributed by atoms with Gasteiger partial charge in [-0.15, -0.1) is 0 Å². The van der Waals surface area contributed by atoms with Gasteiger partial charge in [-0.2, -0.15) is 0 Å². The predicted molar refractivity (Wildman–Crippen MR) is 140 cm³/mol. The molecule has 0 bridgehead atoms. The Balaban J connectivity index is 1.63. The molecule has 3 aromatic carbocycles. The monoisotopic (exact) mass is 513 g/mol. The van der Waals surface area contributed by atoms with Gasteiger partial charge in [0, 0.05) is 5.56 Å². The fourth-order valence-corrected chi connectivity index (χ4v) is 4.21. The van der Waals surface area contributed by atoms with E-state index in [0.29, 0.717) is 16.5 Å². The fourth-order valence-electron chi connectivity index (χ4n) is 4.21. The second-order valence-electron chi connectivity index (χ2n) is 8.57. The Morgan fingerprint density at radius 2 is 1.87 bits per heavy atom. The summed E-state index contributed by atoms with van der Waals surface area (Å²) in [6.45, 7) is 1.71. The molecule has 2 heterocycles. The molecule has 1 atom stereocenters. The number of hydrogen-bond donors (Lipinski definition) is 4. The van der Waals surface area contributed by atoms with Gasteiger partial charge in [-0.25, -0.2) is 18.7 Å². The molecule has 0 radical (unpaired) electrons. The van der Waals surface area contributed by atoms with E-state index in [2.05, 4.69) is 15.3 Å². The van der Waals surface area contributed by atoms with Gasteiger partial charge >= 0.3 is 0 Å². The molecule has 0 saturated carbocycles. The van der Waals surface area contributed by atoms with Crippen molar-refractivity contribution in [2.75, 3.05) is 11.1 Å². The first kappa shape index (κ1) is 24.6. The Labute approximate surface area is 214 Å². The molecule has 0 aliphatic heterocycles. The normalized spacial score (nSPS) is 11.9. The Bertz CT molecular complexity index is 1770. The van der Waals surface area contributed by atoms with Crippen LogP contribution in [-0.4, -0.2) is 20.8 Å². The van der Waals surface area contributed by atoms with E-state index in [1.807, 2.05) is 0 Å². The summed E-state index contributed by atoms with van der Waals surface area (Å²) in [6, 6.07) is 15.2. The number of anilines is 2. The number of fused-ring (bicyclic) bond motifs is 1. The first-order valence-electron chi connectivity index (χ1n) is 11.5. The predicted octanol–water partition coefficient (Wildman–Crippen LogP) is 5.41. The van der Waals surface area contributed by atoms with E-state index in [4.69, 9.17) is 15.6 Å². The minimum Gasteiger partial charge on any atom is -0.505 e. The van der Waals surface area contributed by atoms with E-state index in [-0.39, 0.29) is 45.2 Å². The molecular weight excluding hydrogens is 492 g/mol. The van der Waals surface area contributed by atoms with Gasteiger partial charge in [-0.3, -0.25) is 10.2 Å². The van der Waals surface area contributed by atoms with Crippen molar-refractivity contribution in [3.63, 3.8) is 0 Å². The lowest BCUT2D eigenvalue weighted by Gasteiger charge is -2.20. The van der Waals surface area contributed by atoms with Crippen LogP contribution in [0, 0.1) is 17.0 Å². The SMILES string of the molecule is CC(Nc1ncnc(N)c1C(=N)c1ccc(O)c(F)c1)c1oc2ccccc2c(=O)c1-c1cccc(F)c1. The lowest BCUT2D eigenvalue weighted by atomic mass is 9.98. The van der Waals surface area contributed by atoms with Crippen molar-refractivity contribution in [1.29, 1.82) is 5.41 Å². The van der Waals surface area contributed by atoms with E-state index in [1.165, 1.54) is 30.6 Å². The average molecular weight is 514 g/mol. The summed E-state index contributed by atoms with van der Waals surface area (Å²) in [7, 11) is 0. The van der Waals surface area contributed by atoms with E-state index >= 15 is 0 Å². The zero-order valence-electron chi connectivity index (χ0n) is 20.0. The van der Waals surface area contributed by atoms with Crippen LogP contribution >= 0.6 is 0 Å². The summed E-state index contributed by atoms with van der Waals surface area (Å²) in [5.74, 6) is -1.67. The Hall–Kier alpha value is -5.12. The fraction of sp³-hybridized carbons (Fsp3) is 0.0714. The third-order valence-corrected chi connectivity index (χ3v) is 6.05. The number of phenolic OH excluding ortho intramolecular Hbond substituents is 1. The van der Waals surface area contributed by atoms with Crippen LogP contribution < -0.4 is 16.5 Å².